The molecule has 2 radical (unpaired) electrons. The number of rotatable bonds is 0. The molecule has 0 aromatic carbocycles. The molecule has 0 N–H and O–H groups in total. The molecule has 0 aromatic heterocycles. The summed E-state index contributed by atoms with van der Waals surface area (Å²) in [5.74, 6) is 0. The van der Waals surface area contributed by atoms with Crippen LogP contribution in [0, 0.1) is 0 Å². The summed E-state index contributed by atoms with van der Waals surface area (Å²) in [5, 5.41) is 8.47. The van der Waals surface area contributed by atoms with Crippen molar-refractivity contribution in [3.63, 3.8) is 0 Å². The third kappa shape index (κ3) is 2.28. The van der Waals surface area contributed by atoms with E-state index in [-0.39, 0.29) is 0 Å². The van der Waals surface area contributed by atoms with Crippen molar-refractivity contribution < 1.29 is 0 Å². The highest BCUT2D eigenvalue weighted by Gasteiger charge is 1.95. The third-order valence-corrected chi connectivity index (χ3v) is 1.30. The van der Waals surface area contributed by atoms with Gasteiger partial charge in [0, 0.05) is 26.2 Å². The fourth-order valence-electron chi connectivity index (χ4n) is 0.812. The van der Waals surface area contributed by atoms with Crippen molar-refractivity contribution in [3.8, 4) is 0 Å². The first-order chi connectivity index (χ1) is 4.00. The highest BCUT2D eigenvalue weighted by molar-refractivity contribution is 4.56. The molecule has 0 atom stereocenters. The van der Waals surface area contributed by atoms with Crippen molar-refractivity contribution in [2.45, 2.75) is 12.8 Å². The van der Waals surface area contributed by atoms with Crippen LogP contribution in [0.5, 0.6) is 0 Å². The van der Waals surface area contributed by atoms with E-state index >= 15 is 0 Å². The standard InChI is InChI=1S/C6H12N2/c1-2-4-8-6-5-7-3-1/h1-6H2. The van der Waals surface area contributed by atoms with E-state index in [4.69, 9.17) is 0 Å². The normalized spacial score (nSPS) is 24.0. The van der Waals surface area contributed by atoms with Crippen molar-refractivity contribution in [1.82, 2.24) is 10.6 Å². The molecule has 1 heterocycles. The van der Waals surface area contributed by atoms with Crippen LogP contribution in [0.25, 0.3) is 0 Å². The molecule has 8 heavy (non-hydrogen) atoms. The highest BCUT2D eigenvalue weighted by Crippen LogP contribution is 1.88. The summed E-state index contributed by atoms with van der Waals surface area (Å²) in [6.07, 6.45) is 2.48. The molecule has 0 unspecified atom stereocenters. The van der Waals surface area contributed by atoms with Crippen LogP contribution >= 0.6 is 0 Å². The quantitative estimate of drug-likeness (QED) is 0.421. The first-order valence-corrected chi connectivity index (χ1v) is 3.26. The lowest BCUT2D eigenvalue weighted by atomic mass is 10.3. The lowest BCUT2D eigenvalue weighted by Crippen LogP contribution is -2.23. The second-order valence-electron chi connectivity index (χ2n) is 2.05. The predicted molar refractivity (Wildman–Crippen MR) is 33.0 cm³/mol. The van der Waals surface area contributed by atoms with Gasteiger partial charge in [-0.15, -0.1) is 0 Å². The Balaban J connectivity index is 2.00. The van der Waals surface area contributed by atoms with E-state index in [0.29, 0.717) is 0 Å². The van der Waals surface area contributed by atoms with Gasteiger partial charge in [-0.3, -0.25) is 0 Å². The number of nitrogens with zero attached hydrogens (tertiary/aromatic N) is 2. The maximum Gasteiger partial charge on any atom is 0.0275 e. The average Bonchev–Trinajstić information content (AvgIpc) is 1.62. The van der Waals surface area contributed by atoms with Gasteiger partial charge in [-0.25, -0.2) is 10.6 Å². The Kier molecular flexibility index (Phi) is 2.92. The molecule has 0 aliphatic carbocycles. The number of hydrogen-bond acceptors (Lipinski definition) is 0. The minimum absolute atomic E-state index is 0.958. The molecule has 2 nitrogen and oxygen atoms in total. The Morgan fingerprint density at radius 2 is 1.12 bits per heavy atom. The van der Waals surface area contributed by atoms with E-state index in [2.05, 4.69) is 10.6 Å². The van der Waals surface area contributed by atoms with Crippen LogP contribution in [-0.2, 0) is 0 Å². The predicted octanol–water partition coefficient (Wildman–Crippen LogP) is -0.0110. The lowest BCUT2D eigenvalue weighted by molar-refractivity contribution is 0.514. The summed E-state index contributed by atoms with van der Waals surface area (Å²) in [6.45, 7) is 4.05. The van der Waals surface area contributed by atoms with E-state index in [9.17, 15) is 0 Å². The minimum atomic E-state index is 0.958. The first-order valence-electron chi connectivity index (χ1n) is 3.26. The van der Waals surface area contributed by atoms with Crippen LogP contribution in [0.4, 0.5) is 0 Å². The van der Waals surface area contributed by atoms with Crippen molar-refractivity contribution in [2.75, 3.05) is 26.2 Å². The summed E-state index contributed by atoms with van der Waals surface area (Å²) < 4.78 is 0. The molecule has 1 fully saturated rings. The molecule has 0 amide bonds. The molecule has 1 saturated heterocycles. The summed E-state index contributed by atoms with van der Waals surface area (Å²) in [5.41, 5.74) is 0. The van der Waals surface area contributed by atoms with Gasteiger partial charge in [0.15, 0.2) is 0 Å². The molecule has 1 aliphatic rings. The van der Waals surface area contributed by atoms with Gasteiger partial charge in [0.05, 0.1) is 0 Å². The van der Waals surface area contributed by atoms with E-state index in [1.54, 1.807) is 0 Å². The lowest BCUT2D eigenvalue weighted by Gasteiger charge is -2.06. The highest BCUT2D eigenvalue weighted by atomic mass is 14.9. The van der Waals surface area contributed by atoms with Gasteiger partial charge >= 0.3 is 0 Å². The molecule has 2 heteroatoms. The Bertz CT molecular complexity index is 30.5. The molecular formula is C6H12N2. The second kappa shape index (κ2) is 3.87. The van der Waals surface area contributed by atoms with Crippen LogP contribution in [0.2, 0.25) is 0 Å². The van der Waals surface area contributed by atoms with Gasteiger partial charge < -0.3 is 0 Å². The van der Waals surface area contributed by atoms with Gasteiger partial charge in [0.2, 0.25) is 0 Å². The summed E-state index contributed by atoms with van der Waals surface area (Å²) >= 11 is 0. The fourth-order valence-corrected chi connectivity index (χ4v) is 0.812. The van der Waals surface area contributed by atoms with Gasteiger partial charge in [-0.2, -0.15) is 0 Å². The van der Waals surface area contributed by atoms with Crippen LogP contribution in [0.1, 0.15) is 12.8 Å². The number of hydrogen-bond donors (Lipinski definition) is 0. The monoisotopic (exact) mass is 112 g/mol. The minimum Gasteiger partial charge on any atom is -0.240 e. The maximum atomic E-state index is 4.24. The van der Waals surface area contributed by atoms with Crippen molar-refractivity contribution >= 4 is 0 Å². The van der Waals surface area contributed by atoms with Crippen LogP contribution in [-0.4, -0.2) is 26.2 Å². The van der Waals surface area contributed by atoms with E-state index < -0.39 is 0 Å². The SMILES string of the molecule is C1CC[N]CC[N]C1. The molecule has 46 valence electrons. The average molecular weight is 112 g/mol. The Morgan fingerprint density at radius 3 is 1.62 bits per heavy atom. The first kappa shape index (κ1) is 6.05. The molecule has 1 aliphatic heterocycles. The van der Waals surface area contributed by atoms with Crippen molar-refractivity contribution in [3.05, 3.63) is 0 Å². The van der Waals surface area contributed by atoms with Crippen LogP contribution in [0.3, 0.4) is 0 Å². The van der Waals surface area contributed by atoms with Crippen LogP contribution in [0.15, 0.2) is 0 Å². The van der Waals surface area contributed by atoms with Gasteiger partial charge in [-0.1, -0.05) is 0 Å². The molecule has 0 spiro atoms. The third-order valence-electron chi connectivity index (χ3n) is 1.30. The van der Waals surface area contributed by atoms with E-state index in [1.165, 1.54) is 12.8 Å². The van der Waals surface area contributed by atoms with E-state index in [0.717, 1.165) is 26.2 Å². The zero-order chi connectivity index (χ0) is 5.66. The largest absolute Gasteiger partial charge is 0.240 e. The van der Waals surface area contributed by atoms with Crippen LogP contribution < -0.4 is 10.6 Å². The molecule has 0 aromatic rings. The molecular weight excluding hydrogens is 100 g/mol. The maximum absolute atomic E-state index is 4.24. The Labute approximate surface area is 50.7 Å². The van der Waals surface area contributed by atoms with Crippen molar-refractivity contribution in [2.24, 2.45) is 0 Å². The smallest absolute Gasteiger partial charge is 0.0275 e. The molecule has 0 bridgehead atoms. The van der Waals surface area contributed by atoms with Gasteiger partial charge in [-0.05, 0) is 12.8 Å². The zero-order valence-electron chi connectivity index (χ0n) is 5.14. The van der Waals surface area contributed by atoms with Gasteiger partial charge in [0.25, 0.3) is 0 Å². The molecule has 1 rings (SSSR count). The Morgan fingerprint density at radius 1 is 0.625 bits per heavy atom. The topological polar surface area (TPSA) is 28.2 Å². The second-order valence-corrected chi connectivity index (χ2v) is 2.05. The van der Waals surface area contributed by atoms with Crippen molar-refractivity contribution in [1.29, 1.82) is 0 Å². The fraction of sp³-hybridized carbons (Fsp3) is 1.00. The Hall–Kier alpha value is -0.0800. The summed E-state index contributed by atoms with van der Waals surface area (Å²) in [6, 6.07) is 0. The molecule has 0 saturated carbocycles. The van der Waals surface area contributed by atoms with Gasteiger partial charge in [0.1, 0.15) is 0 Å². The summed E-state index contributed by atoms with van der Waals surface area (Å²) in [7, 11) is 0. The van der Waals surface area contributed by atoms with E-state index in [1.807, 2.05) is 0 Å². The summed E-state index contributed by atoms with van der Waals surface area (Å²) in [4.78, 5) is 0. The zero-order valence-corrected chi connectivity index (χ0v) is 5.14.